The Labute approximate surface area is 127 Å². The first-order chi connectivity index (χ1) is 9.16. The van der Waals surface area contributed by atoms with Gasteiger partial charge in [-0.1, -0.05) is 35.1 Å². The maximum atomic E-state index is 12.9. The molecule has 0 saturated carbocycles. The summed E-state index contributed by atoms with van der Waals surface area (Å²) >= 11 is 7.70. The number of thiocarbonyl (C=S) groups is 1. The molecule has 110 valence electrons. The van der Waals surface area contributed by atoms with Gasteiger partial charge in [-0.2, -0.15) is 13.2 Å². The molecule has 0 radical (unpaired) electrons. The molecule has 0 fully saturated rings. The Morgan fingerprint density at radius 2 is 2.10 bits per heavy atom. The van der Waals surface area contributed by atoms with E-state index in [1.807, 2.05) is 0 Å². The molecule has 1 unspecified atom stereocenters. The number of carbonyl (C=O) groups excluding carboxylic acids is 1. The van der Waals surface area contributed by atoms with E-state index in [1.165, 1.54) is 6.07 Å². The third-order valence-corrected chi connectivity index (χ3v) is 3.37. The number of carbonyl (C=O) groups is 1. The van der Waals surface area contributed by atoms with Crippen molar-refractivity contribution in [1.29, 1.82) is 0 Å². The molecule has 0 aliphatic rings. The molecule has 0 aliphatic carbocycles. The van der Waals surface area contributed by atoms with E-state index < -0.39 is 29.3 Å². The van der Waals surface area contributed by atoms with E-state index in [0.29, 0.717) is 6.42 Å². The van der Waals surface area contributed by atoms with Crippen LogP contribution in [0.4, 0.5) is 13.2 Å². The van der Waals surface area contributed by atoms with E-state index in [-0.39, 0.29) is 9.46 Å². The number of alkyl halides is 3. The number of amides is 1. The minimum atomic E-state index is -4.62. The van der Waals surface area contributed by atoms with Gasteiger partial charge in [-0.05, 0) is 24.6 Å². The van der Waals surface area contributed by atoms with Crippen LogP contribution in [0.3, 0.4) is 0 Å². The molecule has 0 spiro atoms. The van der Waals surface area contributed by atoms with E-state index >= 15 is 0 Å². The van der Waals surface area contributed by atoms with Crippen molar-refractivity contribution in [2.45, 2.75) is 25.6 Å². The Balaban J connectivity index is 3.13. The van der Waals surface area contributed by atoms with Crippen LogP contribution in [0.15, 0.2) is 22.7 Å². The highest BCUT2D eigenvalue weighted by Gasteiger charge is 2.35. The van der Waals surface area contributed by atoms with Crippen LogP contribution in [0.2, 0.25) is 0 Å². The fraction of sp³-hybridized carbons (Fsp3) is 0.333. The molecule has 1 amide bonds. The summed E-state index contributed by atoms with van der Waals surface area (Å²) in [6.45, 7) is 1.72. The van der Waals surface area contributed by atoms with Gasteiger partial charge in [0.1, 0.15) is 0 Å². The number of nitrogens with one attached hydrogen (secondary N) is 1. The Morgan fingerprint density at radius 3 is 2.55 bits per heavy atom. The normalized spacial score (nSPS) is 12.8. The lowest BCUT2D eigenvalue weighted by Crippen LogP contribution is -2.43. The van der Waals surface area contributed by atoms with Crippen LogP contribution in [0, 0.1) is 0 Å². The number of rotatable bonds is 4. The number of hydrogen-bond acceptors (Lipinski definition) is 2. The Kier molecular flexibility index (Phi) is 5.52. The van der Waals surface area contributed by atoms with Crippen LogP contribution in [-0.2, 0) is 6.18 Å². The summed E-state index contributed by atoms with van der Waals surface area (Å²) in [4.78, 5) is 12.0. The molecular formula is C12H12BrF3N2OS. The highest BCUT2D eigenvalue weighted by molar-refractivity contribution is 9.10. The average Bonchev–Trinajstić information content (AvgIpc) is 2.34. The molecule has 20 heavy (non-hydrogen) atoms. The van der Waals surface area contributed by atoms with Gasteiger partial charge in [-0.3, -0.25) is 4.79 Å². The highest BCUT2D eigenvalue weighted by atomic mass is 79.9. The van der Waals surface area contributed by atoms with E-state index in [1.54, 1.807) is 6.92 Å². The zero-order valence-corrected chi connectivity index (χ0v) is 12.8. The van der Waals surface area contributed by atoms with Crippen LogP contribution < -0.4 is 11.1 Å². The topological polar surface area (TPSA) is 55.1 Å². The largest absolute Gasteiger partial charge is 0.417 e. The van der Waals surface area contributed by atoms with E-state index in [4.69, 9.17) is 18.0 Å². The Morgan fingerprint density at radius 1 is 1.50 bits per heavy atom. The van der Waals surface area contributed by atoms with Crippen LogP contribution in [-0.4, -0.2) is 16.9 Å². The summed E-state index contributed by atoms with van der Waals surface area (Å²) in [5.74, 6) is -0.857. The van der Waals surface area contributed by atoms with Crippen LogP contribution in [0.5, 0.6) is 0 Å². The summed E-state index contributed by atoms with van der Waals surface area (Å²) in [6, 6.07) is 2.69. The standard InChI is InChI=1S/C12H12BrF3N2OS/c1-2-9(10(17)20)18-11(19)7-4-3-6(13)5-8(7)12(14,15)16/h3-5,9H,2H2,1H3,(H2,17,20)(H,18,19). The number of benzene rings is 1. The lowest BCUT2D eigenvalue weighted by Gasteiger charge is -2.18. The maximum absolute atomic E-state index is 12.9. The van der Waals surface area contributed by atoms with Gasteiger partial charge in [0.2, 0.25) is 0 Å². The zero-order valence-electron chi connectivity index (χ0n) is 10.4. The van der Waals surface area contributed by atoms with Crippen molar-refractivity contribution in [3.8, 4) is 0 Å². The molecule has 1 rings (SSSR count). The first-order valence-corrected chi connectivity index (χ1v) is 6.83. The molecule has 1 aromatic rings. The predicted octanol–water partition coefficient (Wildman–Crippen LogP) is 3.26. The second kappa shape index (κ2) is 6.53. The maximum Gasteiger partial charge on any atom is 0.417 e. The molecule has 0 aromatic heterocycles. The third kappa shape index (κ3) is 4.17. The second-order valence-corrected chi connectivity index (χ2v) is 5.41. The van der Waals surface area contributed by atoms with Gasteiger partial charge < -0.3 is 11.1 Å². The summed E-state index contributed by atoms with van der Waals surface area (Å²) in [5, 5.41) is 2.39. The van der Waals surface area contributed by atoms with E-state index in [0.717, 1.165) is 12.1 Å². The molecule has 0 saturated heterocycles. The van der Waals surface area contributed by atoms with Crippen LogP contribution in [0.1, 0.15) is 29.3 Å². The number of nitrogens with two attached hydrogens (primary N) is 1. The monoisotopic (exact) mass is 368 g/mol. The lowest BCUT2D eigenvalue weighted by molar-refractivity contribution is -0.138. The van der Waals surface area contributed by atoms with Gasteiger partial charge in [-0.25, -0.2) is 0 Å². The third-order valence-electron chi connectivity index (χ3n) is 2.59. The van der Waals surface area contributed by atoms with Crippen molar-refractivity contribution in [3.05, 3.63) is 33.8 Å². The fourth-order valence-electron chi connectivity index (χ4n) is 1.56. The smallest absolute Gasteiger partial charge is 0.392 e. The van der Waals surface area contributed by atoms with Crippen molar-refractivity contribution in [2.75, 3.05) is 0 Å². The first kappa shape index (κ1) is 16.9. The molecule has 8 heteroatoms. The summed E-state index contributed by atoms with van der Waals surface area (Å²) < 4.78 is 39.0. The molecule has 1 atom stereocenters. The summed E-state index contributed by atoms with van der Waals surface area (Å²) in [7, 11) is 0. The van der Waals surface area contributed by atoms with Crippen LogP contribution >= 0.6 is 28.1 Å². The van der Waals surface area contributed by atoms with Gasteiger partial charge >= 0.3 is 6.18 Å². The SMILES string of the molecule is CCC(NC(=O)c1ccc(Br)cc1C(F)(F)F)C(N)=S. The molecule has 3 N–H and O–H groups in total. The second-order valence-electron chi connectivity index (χ2n) is 4.02. The van der Waals surface area contributed by atoms with Gasteiger partial charge in [0.15, 0.2) is 0 Å². The Bertz CT molecular complexity index is 534. The summed E-state index contributed by atoms with van der Waals surface area (Å²) in [5.41, 5.74) is 3.93. The molecule has 0 heterocycles. The van der Waals surface area contributed by atoms with Crippen molar-refractivity contribution in [3.63, 3.8) is 0 Å². The van der Waals surface area contributed by atoms with Crippen molar-refractivity contribution >= 4 is 39.0 Å². The Hall–Kier alpha value is -1.15. The first-order valence-electron chi connectivity index (χ1n) is 5.63. The zero-order chi connectivity index (χ0) is 15.5. The highest BCUT2D eigenvalue weighted by Crippen LogP contribution is 2.33. The van der Waals surface area contributed by atoms with Crippen molar-refractivity contribution < 1.29 is 18.0 Å². The quantitative estimate of drug-likeness (QED) is 0.802. The molecular weight excluding hydrogens is 357 g/mol. The molecule has 1 aromatic carbocycles. The van der Waals surface area contributed by atoms with Crippen molar-refractivity contribution in [2.24, 2.45) is 5.73 Å². The molecule has 0 aliphatic heterocycles. The van der Waals surface area contributed by atoms with E-state index in [9.17, 15) is 18.0 Å². The van der Waals surface area contributed by atoms with E-state index in [2.05, 4.69) is 21.2 Å². The number of hydrogen-bond donors (Lipinski definition) is 2. The summed E-state index contributed by atoms with van der Waals surface area (Å²) in [6.07, 6.45) is -4.22. The molecule has 3 nitrogen and oxygen atoms in total. The minimum absolute atomic E-state index is 0.0338. The molecule has 0 bridgehead atoms. The van der Waals surface area contributed by atoms with Gasteiger partial charge in [0, 0.05) is 4.47 Å². The fourth-order valence-corrected chi connectivity index (χ4v) is 2.15. The van der Waals surface area contributed by atoms with Gasteiger partial charge in [-0.15, -0.1) is 0 Å². The average molecular weight is 369 g/mol. The van der Waals surface area contributed by atoms with Crippen LogP contribution in [0.25, 0.3) is 0 Å². The minimum Gasteiger partial charge on any atom is -0.392 e. The van der Waals surface area contributed by atoms with Gasteiger partial charge in [0.05, 0.1) is 22.2 Å². The lowest BCUT2D eigenvalue weighted by atomic mass is 10.1. The predicted molar refractivity (Wildman–Crippen MR) is 77.5 cm³/mol. The van der Waals surface area contributed by atoms with Crippen molar-refractivity contribution in [1.82, 2.24) is 5.32 Å². The van der Waals surface area contributed by atoms with Gasteiger partial charge in [0.25, 0.3) is 5.91 Å². The number of halogens is 4.